The molecule has 0 atom stereocenters. The second-order valence-corrected chi connectivity index (χ2v) is 6.20. The van der Waals surface area contributed by atoms with Crippen molar-refractivity contribution in [3.05, 3.63) is 39.2 Å². The summed E-state index contributed by atoms with van der Waals surface area (Å²) in [5, 5.41) is 3.13. The van der Waals surface area contributed by atoms with E-state index in [0.29, 0.717) is 26.2 Å². The van der Waals surface area contributed by atoms with E-state index < -0.39 is 5.97 Å². The lowest BCUT2D eigenvalue weighted by Gasteiger charge is -2.10. The molecule has 3 nitrogen and oxygen atoms in total. The third-order valence-corrected chi connectivity index (χ3v) is 4.15. The first-order valence-corrected chi connectivity index (χ1v) is 7.57. The highest BCUT2D eigenvalue weighted by Gasteiger charge is 2.21. The first-order valence-electron chi connectivity index (χ1n) is 5.93. The van der Waals surface area contributed by atoms with Gasteiger partial charge in [-0.3, -0.25) is 0 Å². The fourth-order valence-corrected chi connectivity index (χ4v) is 2.84. The Morgan fingerprint density at radius 3 is 2.60 bits per heavy atom. The molecule has 0 spiro atoms. The van der Waals surface area contributed by atoms with E-state index in [4.69, 9.17) is 33.7 Å². The molecule has 20 heavy (non-hydrogen) atoms. The molecule has 106 valence electrons. The summed E-state index contributed by atoms with van der Waals surface area (Å²) in [7, 11) is 0. The van der Waals surface area contributed by atoms with Crippen molar-refractivity contribution in [2.24, 2.45) is 0 Å². The van der Waals surface area contributed by atoms with E-state index in [1.807, 2.05) is 5.38 Å². The van der Waals surface area contributed by atoms with Crippen molar-refractivity contribution in [2.45, 2.75) is 20.0 Å². The van der Waals surface area contributed by atoms with Gasteiger partial charge in [0, 0.05) is 10.9 Å². The van der Waals surface area contributed by atoms with Gasteiger partial charge in [0.1, 0.15) is 10.6 Å². The predicted molar refractivity (Wildman–Crippen MR) is 84.7 cm³/mol. The van der Waals surface area contributed by atoms with Gasteiger partial charge in [-0.25, -0.2) is 4.79 Å². The van der Waals surface area contributed by atoms with Crippen LogP contribution in [0.4, 0.5) is 5.00 Å². The molecule has 0 saturated heterocycles. The van der Waals surface area contributed by atoms with Crippen LogP contribution in [-0.4, -0.2) is 12.1 Å². The molecule has 0 radical (unpaired) electrons. The predicted octanol–water partition coefficient (Wildman–Crippen LogP) is 4.87. The van der Waals surface area contributed by atoms with Crippen molar-refractivity contribution >= 4 is 45.5 Å². The zero-order valence-electron chi connectivity index (χ0n) is 10.9. The van der Waals surface area contributed by atoms with E-state index in [2.05, 4.69) is 0 Å². The molecule has 0 saturated carbocycles. The largest absolute Gasteiger partial charge is 0.459 e. The van der Waals surface area contributed by atoms with E-state index in [-0.39, 0.29) is 6.10 Å². The monoisotopic (exact) mass is 329 g/mol. The molecule has 2 rings (SSSR count). The summed E-state index contributed by atoms with van der Waals surface area (Å²) in [6, 6.07) is 5.18. The van der Waals surface area contributed by atoms with Gasteiger partial charge >= 0.3 is 5.97 Å². The maximum Gasteiger partial charge on any atom is 0.342 e. The average Bonchev–Trinajstić information content (AvgIpc) is 2.74. The number of halogens is 2. The average molecular weight is 330 g/mol. The zero-order valence-corrected chi connectivity index (χ0v) is 13.3. The van der Waals surface area contributed by atoms with Crippen molar-refractivity contribution in [1.29, 1.82) is 0 Å². The molecule has 1 aromatic heterocycles. The van der Waals surface area contributed by atoms with E-state index in [9.17, 15) is 4.79 Å². The van der Waals surface area contributed by atoms with Crippen LogP contribution in [0.15, 0.2) is 23.6 Å². The highest BCUT2D eigenvalue weighted by Crippen LogP contribution is 2.36. The number of thiophene rings is 1. The molecule has 0 amide bonds. The first kappa shape index (κ1) is 15.2. The normalized spacial score (nSPS) is 10.8. The second kappa shape index (κ2) is 6.04. The highest BCUT2D eigenvalue weighted by molar-refractivity contribution is 7.15. The standard InChI is InChI=1S/C14H13Cl2NO2S/c1-7(2)19-14(18)12-9(6-20-13(12)17)8-3-4-10(15)11(16)5-8/h3-7H,17H2,1-2H3. The maximum atomic E-state index is 12.1. The maximum absolute atomic E-state index is 12.1. The lowest BCUT2D eigenvalue weighted by Crippen LogP contribution is -2.13. The molecule has 2 N–H and O–H groups in total. The van der Waals surface area contributed by atoms with Crippen LogP contribution in [0, 0.1) is 0 Å². The Morgan fingerprint density at radius 1 is 1.30 bits per heavy atom. The van der Waals surface area contributed by atoms with Crippen LogP contribution >= 0.6 is 34.5 Å². The van der Waals surface area contributed by atoms with Crippen LogP contribution in [0.5, 0.6) is 0 Å². The van der Waals surface area contributed by atoms with E-state index >= 15 is 0 Å². The number of carbonyl (C=O) groups is 1. The van der Waals surface area contributed by atoms with Gasteiger partial charge in [0.2, 0.25) is 0 Å². The van der Waals surface area contributed by atoms with Crippen molar-refractivity contribution in [3.8, 4) is 11.1 Å². The Balaban J connectivity index is 2.47. The van der Waals surface area contributed by atoms with Gasteiger partial charge in [-0.05, 0) is 31.5 Å². The first-order chi connectivity index (χ1) is 9.40. The van der Waals surface area contributed by atoms with Crippen LogP contribution in [0.1, 0.15) is 24.2 Å². The SMILES string of the molecule is CC(C)OC(=O)c1c(-c2ccc(Cl)c(Cl)c2)csc1N. The van der Waals surface area contributed by atoms with E-state index in [1.54, 1.807) is 32.0 Å². The number of nitrogens with two attached hydrogens (primary N) is 1. The van der Waals surface area contributed by atoms with Crippen molar-refractivity contribution in [1.82, 2.24) is 0 Å². The number of carbonyl (C=O) groups excluding carboxylic acids is 1. The third-order valence-electron chi connectivity index (χ3n) is 2.60. The molecule has 0 aliphatic heterocycles. The van der Waals surface area contributed by atoms with Gasteiger partial charge in [0.15, 0.2) is 0 Å². The Labute approximate surface area is 131 Å². The summed E-state index contributed by atoms with van der Waals surface area (Å²) in [5.74, 6) is -0.431. The molecule has 0 aliphatic carbocycles. The van der Waals surface area contributed by atoms with Gasteiger partial charge in [0.25, 0.3) is 0 Å². The van der Waals surface area contributed by atoms with Gasteiger partial charge in [-0.1, -0.05) is 29.3 Å². The second-order valence-electron chi connectivity index (χ2n) is 4.47. The van der Waals surface area contributed by atoms with Crippen molar-refractivity contribution in [3.63, 3.8) is 0 Å². The van der Waals surface area contributed by atoms with Crippen LogP contribution in [-0.2, 0) is 4.74 Å². The lowest BCUT2D eigenvalue weighted by atomic mass is 10.0. The van der Waals surface area contributed by atoms with Crippen LogP contribution < -0.4 is 5.73 Å². The van der Waals surface area contributed by atoms with Crippen LogP contribution in [0.25, 0.3) is 11.1 Å². The summed E-state index contributed by atoms with van der Waals surface area (Å²) < 4.78 is 5.22. The van der Waals surface area contributed by atoms with Crippen LogP contribution in [0.3, 0.4) is 0 Å². The summed E-state index contributed by atoms with van der Waals surface area (Å²) in [6.07, 6.45) is -0.205. The van der Waals surface area contributed by atoms with Crippen molar-refractivity contribution < 1.29 is 9.53 Å². The van der Waals surface area contributed by atoms with Gasteiger partial charge in [-0.2, -0.15) is 0 Å². The topological polar surface area (TPSA) is 52.3 Å². The number of anilines is 1. The lowest BCUT2D eigenvalue weighted by molar-refractivity contribution is 0.0380. The minimum Gasteiger partial charge on any atom is -0.459 e. The number of esters is 1. The van der Waals surface area contributed by atoms with Crippen molar-refractivity contribution in [2.75, 3.05) is 5.73 Å². The number of nitrogen functional groups attached to an aromatic ring is 1. The Hall–Kier alpha value is -1.23. The molecule has 0 fully saturated rings. The Kier molecular flexibility index (Phi) is 4.58. The quantitative estimate of drug-likeness (QED) is 0.817. The Bertz CT molecular complexity index is 653. The van der Waals surface area contributed by atoms with Crippen LogP contribution in [0.2, 0.25) is 10.0 Å². The fraction of sp³-hybridized carbons (Fsp3) is 0.214. The minimum atomic E-state index is -0.431. The molecule has 0 bridgehead atoms. The third kappa shape index (κ3) is 3.08. The summed E-state index contributed by atoms with van der Waals surface area (Å²) in [5.41, 5.74) is 7.74. The fourth-order valence-electron chi connectivity index (χ4n) is 1.73. The number of benzene rings is 1. The number of rotatable bonds is 3. The summed E-state index contributed by atoms with van der Waals surface area (Å²) in [4.78, 5) is 12.1. The Morgan fingerprint density at radius 2 is 2.00 bits per heavy atom. The van der Waals surface area contributed by atoms with E-state index in [0.717, 1.165) is 5.56 Å². The molecule has 0 unspecified atom stereocenters. The molecular weight excluding hydrogens is 317 g/mol. The summed E-state index contributed by atoms with van der Waals surface area (Å²) in [6.45, 7) is 3.58. The number of ether oxygens (including phenoxy) is 1. The molecule has 1 aromatic carbocycles. The zero-order chi connectivity index (χ0) is 14.9. The van der Waals surface area contributed by atoms with E-state index in [1.165, 1.54) is 11.3 Å². The molecule has 2 aromatic rings. The number of hydrogen-bond donors (Lipinski definition) is 1. The minimum absolute atomic E-state index is 0.205. The summed E-state index contributed by atoms with van der Waals surface area (Å²) >= 11 is 13.2. The highest BCUT2D eigenvalue weighted by atomic mass is 35.5. The molecular formula is C14H13Cl2NO2S. The number of hydrogen-bond acceptors (Lipinski definition) is 4. The van der Waals surface area contributed by atoms with Gasteiger partial charge in [-0.15, -0.1) is 11.3 Å². The molecule has 1 heterocycles. The van der Waals surface area contributed by atoms with Gasteiger partial charge < -0.3 is 10.5 Å². The molecule has 6 heteroatoms. The smallest absolute Gasteiger partial charge is 0.342 e. The molecule has 0 aliphatic rings. The van der Waals surface area contributed by atoms with Gasteiger partial charge in [0.05, 0.1) is 16.1 Å².